The third-order valence-corrected chi connectivity index (χ3v) is 5.00. The smallest absolute Gasteiger partial charge is 0.254 e. The first kappa shape index (κ1) is 22.0. The number of rotatable bonds is 9. The molecule has 30 heavy (non-hydrogen) atoms. The van der Waals surface area contributed by atoms with E-state index in [9.17, 15) is 14.0 Å². The number of hydrogen-bond acceptors (Lipinski definition) is 4. The minimum absolute atomic E-state index is 0.0126. The summed E-state index contributed by atoms with van der Waals surface area (Å²) in [6, 6.07) is 9.16. The lowest BCUT2D eigenvalue weighted by Gasteiger charge is -2.29. The van der Waals surface area contributed by atoms with Gasteiger partial charge in [0.1, 0.15) is 18.1 Å². The lowest BCUT2D eigenvalue weighted by Crippen LogP contribution is -2.46. The standard InChI is InChI=1S/C23H29FN2O4/c1-17(2)13-26(23(28)18-6-3-7-19(24)12-18)16-22(27)25(14-20-8-4-10-29-20)15-21-9-5-11-30-21/h3-4,6-8,10,12,17,21H,5,9,11,13-16H2,1-2H3/t21-/m1/s1. The average Bonchev–Trinajstić information content (AvgIpc) is 3.40. The highest BCUT2D eigenvalue weighted by Gasteiger charge is 2.27. The molecule has 1 saturated heterocycles. The van der Waals surface area contributed by atoms with Crippen LogP contribution in [-0.2, 0) is 16.1 Å². The van der Waals surface area contributed by atoms with Gasteiger partial charge in [0.15, 0.2) is 0 Å². The van der Waals surface area contributed by atoms with Crippen LogP contribution in [0.2, 0.25) is 0 Å². The molecule has 0 unspecified atom stereocenters. The van der Waals surface area contributed by atoms with Crippen LogP contribution in [0.1, 0.15) is 42.8 Å². The van der Waals surface area contributed by atoms with Crippen LogP contribution < -0.4 is 0 Å². The van der Waals surface area contributed by atoms with Gasteiger partial charge in [0.2, 0.25) is 5.91 Å². The van der Waals surface area contributed by atoms with E-state index in [4.69, 9.17) is 9.15 Å². The van der Waals surface area contributed by atoms with Crippen molar-refractivity contribution in [2.45, 2.75) is 39.3 Å². The Hall–Kier alpha value is -2.67. The summed E-state index contributed by atoms with van der Waals surface area (Å²) >= 11 is 0. The van der Waals surface area contributed by atoms with E-state index in [-0.39, 0.29) is 35.9 Å². The van der Waals surface area contributed by atoms with Gasteiger partial charge in [0, 0.05) is 25.3 Å². The number of nitrogens with zero attached hydrogens (tertiary/aromatic N) is 2. The van der Waals surface area contributed by atoms with Crippen LogP contribution in [0, 0.1) is 11.7 Å². The Morgan fingerprint density at radius 1 is 1.20 bits per heavy atom. The highest BCUT2D eigenvalue weighted by atomic mass is 19.1. The van der Waals surface area contributed by atoms with Crippen LogP contribution in [-0.4, -0.2) is 54.0 Å². The van der Waals surface area contributed by atoms with Crippen molar-refractivity contribution < 1.29 is 23.1 Å². The van der Waals surface area contributed by atoms with E-state index < -0.39 is 5.82 Å². The zero-order chi connectivity index (χ0) is 21.5. The highest BCUT2D eigenvalue weighted by Crippen LogP contribution is 2.17. The number of ether oxygens (including phenoxy) is 1. The molecule has 1 fully saturated rings. The van der Waals surface area contributed by atoms with Crippen LogP contribution in [0.5, 0.6) is 0 Å². The molecule has 0 spiro atoms. The predicted octanol–water partition coefficient (Wildman–Crippen LogP) is 3.72. The first-order valence-corrected chi connectivity index (χ1v) is 10.4. The normalized spacial score (nSPS) is 16.1. The molecule has 1 aromatic heterocycles. The van der Waals surface area contributed by atoms with E-state index in [1.165, 1.54) is 23.1 Å². The Balaban J connectivity index is 1.75. The summed E-state index contributed by atoms with van der Waals surface area (Å²) in [6.45, 7) is 5.73. The van der Waals surface area contributed by atoms with E-state index in [2.05, 4.69) is 0 Å². The Bertz CT molecular complexity index is 831. The molecule has 162 valence electrons. The molecule has 2 amide bonds. The van der Waals surface area contributed by atoms with Gasteiger partial charge < -0.3 is 19.0 Å². The van der Waals surface area contributed by atoms with Crippen molar-refractivity contribution in [3.8, 4) is 0 Å². The van der Waals surface area contributed by atoms with Gasteiger partial charge in [-0.1, -0.05) is 19.9 Å². The summed E-state index contributed by atoms with van der Waals surface area (Å²) in [5, 5.41) is 0. The molecule has 0 saturated carbocycles. The molecule has 1 atom stereocenters. The number of amides is 2. The van der Waals surface area contributed by atoms with Gasteiger partial charge in [-0.25, -0.2) is 4.39 Å². The van der Waals surface area contributed by atoms with Crippen molar-refractivity contribution in [2.24, 2.45) is 5.92 Å². The van der Waals surface area contributed by atoms with Crippen molar-refractivity contribution in [3.63, 3.8) is 0 Å². The Labute approximate surface area is 176 Å². The molecule has 3 rings (SSSR count). The predicted molar refractivity (Wildman–Crippen MR) is 110 cm³/mol. The minimum atomic E-state index is -0.477. The van der Waals surface area contributed by atoms with E-state index in [1.807, 2.05) is 19.9 Å². The van der Waals surface area contributed by atoms with E-state index in [0.717, 1.165) is 12.8 Å². The summed E-state index contributed by atoms with van der Waals surface area (Å²) in [5.41, 5.74) is 0.236. The van der Waals surface area contributed by atoms with Gasteiger partial charge in [-0.05, 0) is 49.1 Å². The second-order valence-corrected chi connectivity index (χ2v) is 8.08. The SMILES string of the molecule is CC(C)CN(CC(=O)N(Cc1ccco1)C[C@H]1CCCO1)C(=O)c1cccc(F)c1. The largest absolute Gasteiger partial charge is 0.467 e. The number of furan rings is 1. The fourth-order valence-corrected chi connectivity index (χ4v) is 3.61. The maximum atomic E-state index is 13.6. The van der Waals surface area contributed by atoms with Crippen molar-refractivity contribution in [1.82, 2.24) is 9.80 Å². The number of carbonyl (C=O) groups is 2. The van der Waals surface area contributed by atoms with Crippen molar-refractivity contribution in [3.05, 3.63) is 59.8 Å². The fourth-order valence-electron chi connectivity index (χ4n) is 3.61. The molecule has 0 bridgehead atoms. The summed E-state index contributed by atoms with van der Waals surface area (Å²) < 4.78 is 24.7. The van der Waals surface area contributed by atoms with Gasteiger partial charge in [-0.2, -0.15) is 0 Å². The Morgan fingerprint density at radius 3 is 2.67 bits per heavy atom. The Morgan fingerprint density at radius 2 is 2.03 bits per heavy atom. The molecule has 0 aliphatic carbocycles. The van der Waals surface area contributed by atoms with Crippen LogP contribution in [0.15, 0.2) is 47.1 Å². The lowest BCUT2D eigenvalue weighted by molar-refractivity contribution is -0.134. The fraction of sp³-hybridized carbons (Fsp3) is 0.478. The summed E-state index contributed by atoms with van der Waals surface area (Å²) in [4.78, 5) is 29.4. The molecule has 1 aromatic carbocycles. The highest BCUT2D eigenvalue weighted by molar-refractivity contribution is 5.96. The van der Waals surface area contributed by atoms with E-state index >= 15 is 0 Å². The van der Waals surface area contributed by atoms with E-state index in [0.29, 0.717) is 32.0 Å². The van der Waals surface area contributed by atoms with E-state index in [1.54, 1.807) is 23.3 Å². The van der Waals surface area contributed by atoms with Crippen LogP contribution in [0.4, 0.5) is 4.39 Å². The topological polar surface area (TPSA) is 63.0 Å². The number of halogens is 1. The third-order valence-electron chi connectivity index (χ3n) is 5.00. The van der Waals surface area contributed by atoms with Gasteiger partial charge in [-0.3, -0.25) is 9.59 Å². The van der Waals surface area contributed by atoms with Gasteiger partial charge in [0.05, 0.1) is 18.9 Å². The second-order valence-electron chi connectivity index (χ2n) is 8.08. The number of carbonyl (C=O) groups excluding carboxylic acids is 2. The monoisotopic (exact) mass is 416 g/mol. The zero-order valence-electron chi connectivity index (χ0n) is 17.6. The molecule has 1 aliphatic rings. The maximum Gasteiger partial charge on any atom is 0.254 e. The van der Waals surface area contributed by atoms with Crippen molar-refractivity contribution in [1.29, 1.82) is 0 Å². The van der Waals surface area contributed by atoms with Gasteiger partial charge in [-0.15, -0.1) is 0 Å². The molecular weight excluding hydrogens is 387 g/mol. The van der Waals surface area contributed by atoms with Gasteiger partial charge >= 0.3 is 0 Å². The van der Waals surface area contributed by atoms with Crippen LogP contribution in [0.25, 0.3) is 0 Å². The maximum absolute atomic E-state index is 13.6. The van der Waals surface area contributed by atoms with Crippen LogP contribution >= 0.6 is 0 Å². The lowest BCUT2D eigenvalue weighted by atomic mass is 10.1. The molecule has 1 aliphatic heterocycles. The summed E-state index contributed by atoms with van der Waals surface area (Å²) in [7, 11) is 0. The van der Waals surface area contributed by atoms with Crippen molar-refractivity contribution >= 4 is 11.8 Å². The number of benzene rings is 1. The first-order chi connectivity index (χ1) is 14.4. The third kappa shape index (κ3) is 6.16. The minimum Gasteiger partial charge on any atom is -0.467 e. The molecule has 7 heteroatoms. The first-order valence-electron chi connectivity index (χ1n) is 10.4. The molecule has 2 heterocycles. The average molecular weight is 416 g/mol. The number of hydrogen-bond donors (Lipinski definition) is 0. The quantitative estimate of drug-likeness (QED) is 0.625. The van der Waals surface area contributed by atoms with Crippen LogP contribution in [0.3, 0.4) is 0 Å². The molecule has 0 radical (unpaired) electrons. The van der Waals surface area contributed by atoms with Crippen molar-refractivity contribution in [2.75, 3.05) is 26.2 Å². The molecule has 0 N–H and O–H groups in total. The summed E-state index contributed by atoms with van der Waals surface area (Å²) in [5.74, 6) is -0.186. The van der Waals surface area contributed by atoms with Gasteiger partial charge in [0.25, 0.3) is 5.91 Å². The molecule has 6 nitrogen and oxygen atoms in total. The zero-order valence-corrected chi connectivity index (χ0v) is 17.6. The second kappa shape index (κ2) is 10.4. The Kier molecular flexibility index (Phi) is 7.63. The molecule has 2 aromatic rings. The molecular formula is C23H29FN2O4. The summed E-state index contributed by atoms with van der Waals surface area (Å²) in [6.07, 6.45) is 3.44.